The minimum atomic E-state index is 0.607. The van der Waals surface area contributed by atoms with E-state index in [2.05, 4.69) is 65.1 Å². The van der Waals surface area contributed by atoms with E-state index in [1.165, 1.54) is 18.5 Å². The third-order valence-corrected chi connectivity index (χ3v) is 4.59. The Hall–Kier alpha value is -0.340. The molecule has 3 unspecified atom stereocenters. The standard InChI is InChI=1S/C15H22BrN/c1-12-8-14(12)10-17(2)11-15(9-16)13-6-4-3-5-7-13/h3-7,12,14-15H,8-11H2,1-2H3. The molecule has 0 radical (unpaired) electrons. The fourth-order valence-electron chi connectivity index (χ4n) is 2.47. The van der Waals surface area contributed by atoms with Crippen molar-refractivity contribution in [1.82, 2.24) is 4.90 Å². The van der Waals surface area contributed by atoms with Crippen molar-refractivity contribution in [3.63, 3.8) is 0 Å². The van der Waals surface area contributed by atoms with Gasteiger partial charge in [0.15, 0.2) is 0 Å². The van der Waals surface area contributed by atoms with Gasteiger partial charge in [0.2, 0.25) is 0 Å². The summed E-state index contributed by atoms with van der Waals surface area (Å²) < 4.78 is 0. The zero-order valence-corrected chi connectivity index (χ0v) is 12.4. The van der Waals surface area contributed by atoms with Gasteiger partial charge in [0.1, 0.15) is 0 Å². The van der Waals surface area contributed by atoms with Gasteiger partial charge in [-0.15, -0.1) is 0 Å². The Bertz CT molecular complexity index is 338. The molecule has 0 aliphatic heterocycles. The Morgan fingerprint density at radius 2 is 2.00 bits per heavy atom. The highest BCUT2D eigenvalue weighted by molar-refractivity contribution is 9.09. The highest BCUT2D eigenvalue weighted by Gasteiger charge is 2.33. The molecule has 17 heavy (non-hydrogen) atoms. The molecular formula is C15H22BrN. The Morgan fingerprint density at radius 3 is 2.53 bits per heavy atom. The minimum absolute atomic E-state index is 0.607. The van der Waals surface area contributed by atoms with Crippen molar-refractivity contribution in [2.75, 3.05) is 25.5 Å². The second-order valence-corrected chi connectivity index (χ2v) is 6.10. The molecule has 0 amide bonds. The number of halogens is 1. The third-order valence-electron chi connectivity index (χ3n) is 3.81. The summed E-state index contributed by atoms with van der Waals surface area (Å²) in [5.74, 6) is 2.51. The van der Waals surface area contributed by atoms with Crippen LogP contribution in [-0.2, 0) is 0 Å². The van der Waals surface area contributed by atoms with E-state index in [0.717, 1.165) is 23.7 Å². The summed E-state index contributed by atoms with van der Waals surface area (Å²) >= 11 is 3.65. The zero-order chi connectivity index (χ0) is 12.3. The van der Waals surface area contributed by atoms with E-state index in [1.807, 2.05) is 0 Å². The maximum Gasteiger partial charge on any atom is 0.0112 e. The van der Waals surface area contributed by atoms with E-state index in [1.54, 1.807) is 0 Å². The Labute approximate surface area is 113 Å². The number of likely N-dealkylation sites (N-methyl/N-ethyl adjacent to an activating group) is 1. The molecule has 2 rings (SSSR count). The molecule has 1 saturated carbocycles. The van der Waals surface area contributed by atoms with Crippen molar-refractivity contribution in [3.05, 3.63) is 35.9 Å². The van der Waals surface area contributed by atoms with Crippen molar-refractivity contribution in [2.45, 2.75) is 19.3 Å². The molecule has 0 N–H and O–H groups in total. The summed E-state index contributed by atoms with van der Waals surface area (Å²) in [6.07, 6.45) is 1.43. The van der Waals surface area contributed by atoms with Crippen LogP contribution in [0.25, 0.3) is 0 Å². The van der Waals surface area contributed by atoms with Crippen molar-refractivity contribution in [2.24, 2.45) is 11.8 Å². The van der Waals surface area contributed by atoms with Crippen molar-refractivity contribution in [3.8, 4) is 0 Å². The first kappa shape index (κ1) is 13.1. The number of nitrogens with zero attached hydrogens (tertiary/aromatic N) is 1. The van der Waals surface area contributed by atoms with Gasteiger partial charge in [0.05, 0.1) is 0 Å². The van der Waals surface area contributed by atoms with Crippen molar-refractivity contribution >= 4 is 15.9 Å². The summed E-state index contributed by atoms with van der Waals surface area (Å²) in [6, 6.07) is 10.8. The van der Waals surface area contributed by atoms with Gasteiger partial charge >= 0.3 is 0 Å². The SMILES string of the molecule is CC1CC1CN(C)CC(CBr)c1ccccc1. The van der Waals surface area contributed by atoms with E-state index < -0.39 is 0 Å². The molecular weight excluding hydrogens is 274 g/mol. The molecule has 1 aliphatic rings. The lowest BCUT2D eigenvalue weighted by Crippen LogP contribution is -2.27. The molecule has 94 valence electrons. The second kappa shape index (κ2) is 6.01. The molecule has 3 atom stereocenters. The van der Waals surface area contributed by atoms with Crippen LogP contribution in [0.2, 0.25) is 0 Å². The number of hydrogen-bond donors (Lipinski definition) is 0. The number of alkyl halides is 1. The molecule has 2 heteroatoms. The quantitative estimate of drug-likeness (QED) is 0.723. The Kier molecular flexibility index (Phi) is 4.63. The first-order valence-corrected chi connectivity index (χ1v) is 7.62. The monoisotopic (exact) mass is 295 g/mol. The topological polar surface area (TPSA) is 3.24 Å². The van der Waals surface area contributed by atoms with Crippen LogP contribution in [0.4, 0.5) is 0 Å². The number of hydrogen-bond acceptors (Lipinski definition) is 1. The van der Waals surface area contributed by atoms with Gasteiger partial charge in [-0.05, 0) is 30.9 Å². The lowest BCUT2D eigenvalue weighted by molar-refractivity contribution is 0.301. The summed E-state index contributed by atoms with van der Waals surface area (Å²) in [4.78, 5) is 2.49. The largest absolute Gasteiger partial charge is 0.305 e. The predicted molar refractivity (Wildman–Crippen MR) is 77.7 cm³/mol. The smallest absolute Gasteiger partial charge is 0.0112 e. The summed E-state index contributed by atoms with van der Waals surface area (Å²) in [5, 5.41) is 1.04. The van der Waals surface area contributed by atoms with Crippen LogP contribution in [0.15, 0.2) is 30.3 Å². The van der Waals surface area contributed by atoms with Crippen LogP contribution in [0.5, 0.6) is 0 Å². The van der Waals surface area contributed by atoms with E-state index >= 15 is 0 Å². The highest BCUT2D eigenvalue weighted by atomic mass is 79.9. The van der Waals surface area contributed by atoms with E-state index in [0.29, 0.717) is 5.92 Å². The molecule has 0 aromatic heterocycles. The molecule has 1 aliphatic carbocycles. The van der Waals surface area contributed by atoms with Crippen LogP contribution in [-0.4, -0.2) is 30.4 Å². The average Bonchev–Trinajstić information content (AvgIpc) is 3.03. The molecule has 0 heterocycles. The third kappa shape index (κ3) is 3.82. The molecule has 1 aromatic carbocycles. The van der Waals surface area contributed by atoms with E-state index in [9.17, 15) is 0 Å². The van der Waals surface area contributed by atoms with Gasteiger partial charge < -0.3 is 4.90 Å². The van der Waals surface area contributed by atoms with Gasteiger partial charge in [-0.2, -0.15) is 0 Å². The predicted octanol–water partition coefficient (Wildman–Crippen LogP) is 3.75. The average molecular weight is 296 g/mol. The van der Waals surface area contributed by atoms with Gasteiger partial charge in [0, 0.05) is 24.3 Å². The number of rotatable bonds is 6. The van der Waals surface area contributed by atoms with Crippen LogP contribution in [0.1, 0.15) is 24.8 Å². The van der Waals surface area contributed by atoms with Crippen LogP contribution in [0, 0.1) is 11.8 Å². The van der Waals surface area contributed by atoms with Gasteiger partial charge in [-0.25, -0.2) is 0 Å². The first-order valence-electron chi connectivity index (χ1n) is 6.50. The molecule has 0 saturated heterocycles. The van der Waals surface area contributed by atoms with E-state index in [-0.39, 0.29) is 0 Å². The maximum atomic E-state index is 3.65. The van der Waals surface area contributed by atoms with Crippen LogP contribution < -0.4 is 0 Å². The van der Waals surface area contributed by atoms with Gasteiger partial charge in [0.25, 0.3) is 0 Å². The van der Waals surface area contributed by atoms with Gasteiger partial charge in [-0.1, -0.05) is 53.2 Å². The highest BCUT2D eigenvalue weighted by Crippen LogP contribution is 2.38. The fourth-order valence-corrected chi connectivity index (χ4v) is 3.05. The lowest BCUT2D eigenvalue weighted by atomic mass is 10.0. The van der Waals surface area contributed by atoms with Crippen LogP contribution >= 0.6 is 15.9 Å². The fraction of sp³-hybridized carbons (Fsp3) is 0.600. The molecule has 0 bridgehead atoms. The minimum Gasteiger partial charge on any atom is -0.305 e. The maximum absolute atomic E-state index is 3.65. The molecule has 0 spiro atoms. The molecule has 1 nitrogen and oxygen atoms in total. The van der Waals surface area contributed by atoms with Crippen molar-refractivity contribution in [1.29, 1.82) is 0 Å². The summed E-state index contributed by atoms with van der Waals surface area (Å²) in [6.45, 7) is 4.77. The molecule has 1 aromatic rings. The Balaban J connectivity index is 1.86. The number of benzene rings is 1. The Morgan fingerprint density at radius 1 is 1.35 bits per heavy atom. The van der Waals surface area contributed by atoms with Crippen molar-refractivity contribution < 1.29 is 0 Å². The van der Waals surface area contributed by atoms with Crippen LogP contribution in [0.3, 0.4) is 0 Å². The second-order valence-electron chi connectivity index (χ2n) is 5.46. The van der Waals surface area contributed by atoms with Gasteiger partial charge in [-0.3, -0.25) is 0 Å². The summed E-state index contributed by atoms with van der Waals surface area (Å²) in [7, 11) is 2.25. The molecule has 1 fully saturated rings. The zero-order valence-electron chi connectivity index (χ0n) is 10.8. The van der Waals surface area contributed by atoms with E-state index in [4.69, 9.17) is 0 Å². The summed E-state index contributed by atoms with van der Waals surface area (Å²) in [5.41, 5.74) is 1.44. The normalized spacial score (nSPS) is 24.9. The first-order chi connectivity index (χ1) is 8.20. The lowest BCUT2D eigenvalue weighted by Gasteiger charge is -2.23.